The van der Waals surface area contributed by atoms with Gasteiger partial charge in [0.1, 0.15) is 0 Å². The van der Waals surface area contributed by atoms with Crippen LogP contribution in [0.1, 0.15) is 25.1 Å². The van der Waals surface area contributed by atoms with Gasteiger partial charge in [-0.1, -0.05) is 12.1 Å². The minimum Gasteiger partial charge on any atom is -0.339 e. The number of nitrogens with one attached hydrogen (secondary N) is 1. The molecule has 0 aliphatic carbocycles. The van der Waals surface area contributed by atoms with E-state index in [1.54, 1.807) is 0 Å². The quantitative estimate of drug-likeness (QED) is 0.815. The number of aryl methyl sites for hydroxylation is 1. The number of hydrogen-bond donors (Lipinski definition) is 1. The summed E-state index contributed by atoms with van der Waals surface area (Å²) in [5, 5.41) is 7.44. The average molecular weight is 265 g/mol. The monoisotopic (exact) mass is 265 g/mol. The maximum atomic E-state index is 5.21. The predicted molar refractivity (Wildman–Crippen MR) is 71.8 cm³/mol. The summed E-state index contributed by atoms with van der Waals surface area (Å²) in [5.74, 6) is 1.61. The highest BCUT2D eigenvalue weighted by Gasteiger charge is 2.32. The topological polar surface area (TPSA) is 57.4 Å². The summed E-state index contributed by atoms with van der Waals surface area (Å²) in [6, 6.07) is 0.726. The van der Waals surface area contributed by atoms with E-state index in [1.165, 1.54) is 13.1 Å². The molecule has 2 aliphatic rings. The summed E-state index contributed by atoms with van der Waals surface area (Å²) in [7, 11) is 0. The summed E-state index contributed by atoms with van der Waals surface area (Å²) in [6.45, 7) is 9.84. The van der Waals surface area contributed by atoms with Gasteiger partial charge in [-0.3, -0.25) is 9.80 Å². The molecule has 0 aromatic carbocycles. The van der Waals surface area contributed by atoms with Gasteiger partial charge in [-0.2, -0.15) is 4.98 Å². The molecule has 0 saturated carbocycles. The zero-order valence-electron chi connectivity index (χ0n) is 11.6. The third kappa shape index (κ3) is 3.13. The second kappa shape index (κ2) is 5.98. The molecule has 0 radical (unpaired) electrons. The summed E-state index contributed by atoms with van der Waals surface area (Å²) in [6.07, 6.45) is 1.94. The fourth-order valence-corrected chi connectivity index (χ4v) is 2.82. The molecule has 1 N–H and O–H groups in total. The van der Waals surface area contributed by atoms with Crippen LogP contribution in [-0.4, -0.2) is 65.3 Å². The fourth-order valence-electron chi connectivity index (χ4n) is 2.82. The summed E-state index contributed by atoms with van der Waals surface area (Å²) >= 11 is 0. The molecule has 1 aromatic rings. The third-order valence-electron chi connectivity index (χ3n) is 3.94. The van der Waals surface area contributed by atoms with Crippen molar-refractivity contribution in [3.05, 3.63) is 11.7 Å². The minimum absolute atomic E-state index is 0.726. The molecule has 2 saturated heterocycles. The summed E-state index contributed by atoms with van der Waals surface area (Å²) in [4.78, 5) is 9.40. The van der Waals surface area contributed by atoms with Crippen LogP contribution in [0.3, 0.4) is 0 Å². The van der Waals surface area contributed by atoms with Crippen molar-refractivity contribution in [2.45, 2.75) is 32.4 Å². The lowest BCUT2D eigenvalue weighted by molar-refractivity contribution is 0.0204. The van der Waals surface area contributed by atoms with Crippen LogP contribution in [0.2, 0.25) is 0 Å². The third-order valence-corrected chi connectivity index (χ3v) is 3.94. The van der Waals surface area contributed by atoms with Gasteiger partial charge in [-0.15, -0.1) is 0 Å². The van der Waals surface area contributed by atoms with Gasteiger partial charge < -0.3 is 9.84 Å². The molecule has 106 valence electrons. The van der Waals surface area contributed by atoms with Crippen molar-refractivity contribution in [2.24, 2.45) is 0 Å². The molecule has 0 unspecified atom stereocenters. The van der Waals surface area contributed by atoms with E-state index in [9.17, 15) is 0 Å². The fraction of sp³-hybridized carbons (Fsp3) is 0.846. The number of likely N-dealkylation sites (tertiary alicyclic amines) is 1. The predicted octanol–water partition coefficient (Wildman–Crippen LogP) is 0.112. The summed E-state index contributed by atoms with van der Waals surface area (Å²) < 4.78 is 5.21. The Labute approximate surface area is 114 Å². The van der Waals surface area contributed by atoms with Crippen molar-refractivity contribution in [3.63, 3.8) is 0 Å². The van der Waals surface area contributed by atoms with E-state index in [1.807, 2.05) is 0 Å². The second-order valence-corrected chi connectivity index (χ2v) is 5.49. The number of aromatic nitrogens is 2. The van der Waals surface area contributed by atoms with Crippen molar-refractivity contribution < 1.29 is 4.52 Å². The Kier molecular flexibility index (Phi) is 4.10. The highest BCUT2D eigenvalue weighted by molar-refractivity contribution is 4.94. The van der Waals surface area contributed by atoms with E-state index < -0.39 is 0 Å². The molecule has 2 fully saturated rings. The molecule has 0 atom stereocenters. The first-order valence-electron chi connectivity index (χ1n) is 7.33. The lowest BCUT2D eigenvalue weighted by Crippen LogP contribution is -2.62. The van der Waals surface area contributed by atoms with Crippen molar-refractivity contribution in [1.82, 2.24) is 25.3 Å². The first kappa shape index (κ1) is 13.0. The smallest absolute Gasteiger partial charge is 0.226 e. The molecule has 0 spiro atoms. The molecule has 1 aromatic heterocycles. The lowest BCUT2D eigenvalue weighted by Gasteiger charge is -2.46. The molecule has 3 heterocycles. The number of hydrogen-bond acceptors (Lipinski definition) is 6. The van der Waals surface area contributed by atoms with Gasteiger partial charge >= 0.3 is 0 Å². The van der Waals surface area contributed by atoms with Gasteiger partial charge in [-0.25, -0.2) is 0 Å². The van der Waals surface area contributed by atoms with Crippen molar-refractivity contribution in [1.29, 1.82) is 0 Å². The maximum Gasteiger partial charge on any atom is 0.226 e. The second-order valence-electron chi connectivity index (χ2n) is 5.49. The Morgan fingerprint density at radius 1 is 1.32 bits per heavy atom. The average Bonchev–Trinajstić information content (AvgIpc) is 2.82. The van der Waals surface area contributed by atoms with Crippen LogP contribution < -0.4 is 5.32 Å². The molecular weight excluding hydrogens is 242 g/mol. The van der Waals surface area contributed by atoms with Gasteiger partial charge in [0, 0.05) is 51.7 Å². The maximum absolute atomic E-state index is 5.21. The normalized spacial score (nSPS) is 22.6. The van der Waals surface area contributed by atoms with Gasteiger partial charge in [0.05, 0.1) is 6.54 Å². The van der Waals surface area contributed by atoms with E-state index in [-0.39, 0.29) is 0 Å². The van der Waals surface area contributed by atoms with Gasteiger partial charge in [-0.05, 0) is 6.42 Å². The van der Waals surface area contributed by atoms with Crippen LogP contribution >= 0.6 is 0 Å². The van der Waals surface area contributed by atoms with Gasteiger partial charge in [0.25, 0.3) is 0 Å². The van der Waals surface area contributed by atoms with Crippen LogP contribution in [-0.2, 0) is 13.0 Å². The van der Waals surface area contributed by atoms with Crippen molar-refractivity contribution in [3.8, 4) is 0 Å². The zero-order valence-corrected chi connectivity index (χ0v) is 11.6. The molecule has 6 heteroatoms. The first-order valence-corrected chi connectivity index (χ1v) is 7.33. The SMILES string of the molecule is CCCc1nc(CN2CC(N3CCNCC3)C2)no1. The Morgan fingerprint density at radius 3 is 2.84 bits per heavy atom. The van der Waals surface area contributed by atoms with E-state index >= 15 is 0 Å². The Hall–Kier alpha value is -0.980. The number of rotatable bonds is 5. The van der Waals surface area contributed by atoms with E-state index in [2.05, 4.69) is 32.2 Å². The first-order chi connectivity index (χ1) is 9.35. The number of piperazine rings is 1. The highest BCUT2D eigenvalue weighted by Crippen LogP contribution is 2.17. The molecule has 6 nitrogen and oxygen atoms in total. The Balaban J connectivity index is 1.42. The van der Waals surface area contributed by atoms with E-state index in [0.29, 0.717) is 0 Å². The minimum atomic E-state index is 0.726. The van der Waals surface area contributed by atoms with Crippen LogP contribution in [0.25, 0.3) is 0 Å². The lowest BCUT2D eigenvalue weighted by atomic mass is 10.1. The van der Waals surface area contributed by atoms with Gasteiger partial charge in [0.2, 0.25) is 5.89 Å². The molecule has 0 bridgehead atoms. The molecular formula is C13H23N5O. The zero-order chi connectivity index (χ0) is 13.1. The van der Waals surface area contributed by atoms with E-state index in [0.717, 1.165) is 63.3 Å². The van der Waals surface area contributed by atoms with Gasteiger partial charge in [0.15, 0.2) is 5.82 Å². The molecule has 3 rings (SSSR count). The molecule has 19 heavy (non-hydrogen) atoms. The largest absolute Gasteiger partial charge is 0.339 e. The van der Waals surface area contributed by atoms with Crippen LogP contribution in [0.5, 0.6) is 0 Å². The summed E-state index contributed by atoms with van der Waals surface area (Å²) in [5.41, 5.74) is 0. The van der Waals surface area contributed by atoms with Crippen LogP contribution in [0.4, 0.5) is 0 Å². The van der Waals surface area contributed by atoms with Crippen LogP contribution in [0.15, 0.2) is 4.52 Å². The Bertz CT molecular complexity index is 395. The highest BCUT2D eigenvalue weighted by atomic mass is 16.5. The Morgan fingerprint density at radius 2 is 2.11 bits per heavy atom. The number of nitrogens with zero attached hydrogens (tertiary/aromatic N) is 4. The molecule has 2 aliphatic heterocycles. The molecule has 0 amide bonds. The van der Waals surface area contributed by atoms with Crippen molar-refractivity contribution in [2.75, 3.05) is 39.3 Å². The van der Waals surface area contributed by atoms with Crippen LogP contribution in [0, 0.1) is 0 Å². The van der Waals surface area contributed by atoms with Crippen molar-refractivity contribution >= 4 is 0 Å². The standard InChI is InChI=1S/C13H23N5O/c1-2-3-13-15-12(16-19-13)10-17-8-11(9-17)18-6-4-14-5-7-18/h11,14H,2-10H2,1H3. The van der Waals surface area contributed by atoms with E-state index in [4.69, 9.17) is 4.52 Å².